The zero-order chi connectivity index (χ0) is 14.7. The van der Waals surface area contributed by atoms with E-state index in [0.29, 0.717) is 17.2 Å². The van der Waals surface area contributed by atoms with Crippen molar-refractivity contribution in [3.8, 4) is 11.5 Å². The lowest BCUT2D eigenvalue weighted by molar-refractivity contribution is 0.0462. The molecule has 0 fully saturated rings. The van der Waals surface area contributed by atoms with Crippen molar-refractivity contribution in [1.82, 2.24) is 10.1 Å². The zero-order valence-corrected chi connectivity index (χ0v) is 10.7. The van der Waals surface area contributed by atoms with Crippen LogP contribution in [0.4, 0.5) is 0 Å². The maximum absolute atomic E-state index is 11.8. The minimum absolute atomic E-state index is 0.0627. The average molecular weight is 286 g/mol. The number of nitrogens with one attached hydrogen (secondary N) is 1. The normalized spacial score (nSPS) is 10.5. The van der Waals surface area contributed by atoms with Gasteiger partial charge >= 0.3 is 5.97 Å². The first-order valence-electron chi connectivity index (χ1n) is 6.08. The molecule has 0 aromatic carbocycles. The van der Waals surface area contributed by atoms with Gasteiger partial charge < -0.3 is 18.7 Å². The van der Waals surface area contributed by atoms with Crippen molar-refractivity contribution in [2.75, 3.05) is 0 Å². The van der Waals surface area contributed by atoms with Crippen LogP contribution in [-0.2, 0) is 11.3 Å². The van der Waals surface area contributed by atoms with E-state index in [1.54, 1.807) is 24.3 Å². The minimum atomic E-state index is -0.723. The first-order chi connectivity index (χ1) is 10.2. The molecule has 0 radical (unpaired) electrons. The van der Waals surface area contributed by atoms with Gasteiger partial charge in [-0.15, -0.1) is 0 Å². The van der Waals surface area contributed by atoms with E-state index in [9.17, 15) is 9.59 Å². The number of rotatable bonds is 4. The molecule has 3 aromatic rings. The second-order valence-electron chi connectivity index (χ2n) is 4.15. The van der Waals surface area contributed by atoms with Crippen LogP contribution in [0.3, 0.4) is 0 Å². The second kappa shape index (κ2) is 5.49. The minimum Gasteiger partial charge on any atom is -0.461 e. The maximum Gasteiger partial charge on any atom is 0.344 e. The number of carbonyl (C=O) groups excluding carboxylic acids is 1. The average Bonchev–Trinajstić information content (AvgIpc) is 3.16. The van der Waals surface area contributed by atoms with Crippen LogP contribution in [-0.4, -0.2) is 16.1 Å². The fraction of sp³-hybridized carbons (Fsp3) is 0.0714. The van der Waals surface area contributed by atoms with Gasteiger partial charge in [0.05, 0.1) is 6.26 Å². The number of ether oxygens (including phenoxy) is 1. The summed E-state index contributed by atoms with van der Waals surface area (Å²) in [6.45, 7) is -0.0998. The molecule has 0 aliphatic carbocycles. The smallest absolute Gasteiger partial charge is 0.344 e. The van der Waals surface area contributed by atoms with E-state index >= 15 is 0 Å². The highest BCUT2D eigenvalue weighted by atomic mass is 16.5. The van der Waals surface area contributed by atoms with E-state index in [0.717, 1.165) is 0 Å². The first kappa shape index (κ1) is 12.9. The number of carbonyl (C=O) groups is 1. The third-order valence-electron chi connectivity index (χ3n) is 2.71. The summed E-state index contributed by atoms with van der Waals surface area (Å²) in [6.07, 6.45) is 2.95. The van der Waals surface area contributed by atoms with Crippen LogP contribution in [0.5, 0.6) is 0 Å². The summed E-state index contributed by atoms with van der Waals surface area (Å²) in [7, 11) is 0. The summed E-state index contributed by atoms with van der Waals surface area (Å²) in [6, 6.07) is 7.97. The fourth-order valence-electron chi connectivity index (χ4n) is 1.71. The predicted octanol–water partition coefficient (Wildman–Crippen LogP) is 1.98. The second-order valence-corrected chi connectivity index (χ2v) is 4.15. The quantitative estimate of drug-likeness (QED) is 0.736. The molecular weight excluding hydrogens is 276 g/mol. The molecule has 0 saturated heterocycles. The Kier molecular flexibility index (Phi) is 3.38. The van der Waals surface area contributed by atoms with Crippen LogP contribution < -0.4 is 5.56 Å². The standard InChI is InChI=1S/C14H10N2O5/c17-13-10(3-1-5-15-13)14(18)20-8-9-7-12(21-16-9)11-4-2-6-19-11/h1-7H,8H2,(H,15,17). The highest BCUT2D eigenvalue weighted by Gasteiger charge is 2.14. The van der Waals surface area contributed by atoms with Crippen LogP contribution in [0.15, 0.2) is 56.5 Å². The van der Waals surface area contributed by atoms with Crippen LogP contribution in [0.2, 0.25) is 0 Å². The van der Waals surface area contributed by atoms with E-state index in [4.69, 9.17) is 13.7 Å². The molecular formula is C14H10N2O5. The monoisotopic (exact) mass is 286 g/mol. The summed E-state index contributed by atoms with van der Waals surface area (Å²) < 4.78 is 15.2. The molecule has 7 heteroatoms. The number of furan rings is 1. The SMILES string of the molecule is O=C(OCc1cc(-c2ccco2)on1)c1ccc[nH]c1=O. The third kappa shape index (κ3) is 2.76. The Morgan fingerprint density at radius 1 is 1.29 bits per heavy atom. The number of hydrogen-bond donors (Lipinski definition) is 1. The van der Waals surface area contributed by atoms with Crippen molar-refractivity contribution >= 4 is 5.97 Å². The number of nitrogens with zero attached hydrogens (tertiary/aromatic N) is 1. The largest absolute Gasteiger partial charge is 0.461 e. The van der Waals surface area contributed by atoms with Gasteiger partial charge in [0.1, 0.15) is 17.9 Å². The summed E-state index contributed by atoms with van der Waals surface area (Å²) in [4.78, 5) is 25.6. The maximum atomic E-state index is 11.8. The van der Waals surface area contributed by atoms with Gasteiger partial charge in [-0.25, -0.2) is 4.79 Å². The molecule has 0 amide bonds. The molecule has 3 rings (SSSR count). The molecule has 0 spiro atoms. The van der Waals surface area contributed by atoms with Crippen molar-refractivity contribution in [2.45, 2.75) is 6.61 Å². The number of aromatic nitrogens is 2. The van der Waals surface area contributed by atoms with Crippen LogP contribution >= 0.6 is 0 Å². The molecule has 7 nitrogen and oxygen atoms in total. The summed E-state index contributed by atoms with van der Waals surface area (Å²) in [5.41, 5.74) is -0.145. The Morgan fingerprint density at radius 3 is 2.95 bits per heavy atom. The van der Waals surface area contributed by atoms with Crippen molar-refractivity contribution in [1.29, 1.82) is 0 Å². The van der Waals surface area contributed by atoms with E-state index in [-0.39, 0.29) is 12.2 Å². The van der Waals surface area contributed by atoms with Gasteiger partial charge in [-0.1, -0.05) is 5.16 Å². The molecule has 0 unspecified atom stereocenters. The summed E-state index contributed by atoms with van der Waals surface area (Å²) in [5.74, 6) is 0.239. The van der Waals surface area contributed by atoms with Crippen LogP contribution in [0, 0.1) is 0 Å². The molecule has 21 heavy (non-hydrogen) atoms. The predicted molar refractivity (Wildman–Crippen MR) is 70.4 cm³/mol. The fourth-order valence-corrected chi connectivity index (χ4v) is 1.71. The highest BCUT2D eigenvalue weighted by Crippen LogP contribution is 2.20. The van der Waals surface area contributed by atoms with Crippen molar-refractivity contribution in [3.05, 3.63) is 64.4 Å². The number of pyridine rings is 1. The van der Waals surface area contributed by atoms with E-state index < -0.39 is 11.5 Å². The van der Waals surface area contributed by atoms with E-state index in [1.807, 2.05) is 0 Å². The lowest BCUT2D eigenvalue weighted by atomic mass is 10.3. The van der Waals surface area contributed by atoms with Crippen molar-refractivity contribution in [3.63, 3.8) is 0 Å². The molecule has 3 heterocycles. The molecule has 106 valence electrons. The Morgan fingerprint density at radius 2 is 2.19 bits per heavy atom. The van der Waals surface area contributed by atoms with Crippen molar-refractivity contribution < 1.29 is 18.5 Å². The van der Waals surface area contributed by atoms with Crippen LogP contribution in [0.1, 0.15) is 16.1 Å². The van der Waals surface area contributed by atoms with Gasteiger partial charge in [-0.05, 0) is 24.3 Å². The molecule has 0 bridgehead atoms. The number of esters is 1. The number of aromatic amines is 1. The van der Waals surface area contributed by atoms with Gasteiger partial charge in [0.2, 0.25) is 5.76 Å². The zero-order valence-electron chi connectivity index (χ0n) is 10.7. The third-order valence-corrected chi connectivity index (χ3v) is 2.71. The van der Waals surface area contributed by atoms with Crippen molar-refractivity contribution in [2.24, 2.45) is 0 Å². The highest BCUT2D eigenvalue weighted by molar-refractivity contribution is 5.88. The van der Waals surface area contributed by atoms with Gasteiger partial charge in [-0.2, -0.15) is 0 Å². The first-order valence-corrected chi connectivity index (χ1v) is 6.08. The molecule has 0 saturated carbocycles. The van der Waals surface area contributed by atoms with Gasteiger partial charge in [-0.3, -0.25) is 4.79 Å². The Labute approximate surface area is 118 Å². The Balaban J connectivity index is 1.67. The molecule has 0 aliphatic rings. The summed E-state index contributed by atoms with van der Waals surface area (Å²) >= 11 is 0. The summed E-state index contributed by atoms with van der Waals surface area (Å²) in [5, 5.41) is 3.76. The lowest BCUT2D eigenvalue weighted by Gasteiger charge is -2.00. The van der Waals surface area contributed by atoms with Crippen LogP contribution in [0.25, 0.3) is 11.5 Å². The molecule has 3 aromatic heterocycles. The lowest BCUT2D eigenvalue weighted by Crippen LogP contribution is -2.18. The molecule has 0 atom stereocenters. The number of hydrogen-bond acceptors (Lipinski definition) is 6. The van der Waals surface area contributed by atoms with Gasteiger partial charge in [0.25, 0.3) is 5.56 Å². The van der Waals surface area contributed by atoms with Gasteiger partial charge in [0, 0.05) is 12.3 Å². The van der Waals surface area contributed by atoms with E-state index in [1.165, 1.54) is 18.5 Å². The van der Waals surface area contributed by atoms with Gasteiger partial charge in [0.15, 0.2) is 5.76 Å². The Hall–Kier alpha value is -3.09. The number of H-pyrrole nitrogens is 1. The Bertz CT molecular complexity index is 801. The topological polar surface area (TPSA) is 98.3 Å². The molecule has 0 aliphatic heterocycles. The van der Waals surface area contributed by atoms with E-state index in [2.05, 4.69) is 10.1 Å². The molecule has 1 N–H and O–H groups in total.